The number of piperidine rings is 1. The average molecular weight is 264 g/mol. The summed E-state index contributed by atoms with van der Waals surface area (Å²) in [7, 11) is 1.65. The third-order valence-electron chi connectivity index (χ3n) is 3.54. The molecule has 2 rings (SSSR count). The fourth-order valence-corrected chi connectivity index (χ4v) is 2.47. The molecule has 1 aliphatic rings. The van der Waals surface area contributed by atoms with E-state index in [2.05, 4.69) is 9.88 Å². The molecule has 1 N–H and O–H groups in total. The minimum absolute atomic E-state index is 0.184. The van der Waals surface area contributed by atoms with Crippen LogP contribution >= 0.6 is 0 Å². The summed E-state index contributed by atoms with van der Waals surface area (Å²) < 4.78 is 5.24. The van der Waals surface area contributed by atoms with E-state index in [4.69, 9.17) is 9.84 Å². The van der Waals surface area contributed by atoms with Crippen LogP contribution in [-0.4, -0.2) is 41.2 Å². The van der Waals surface area contributed by atoms with E-state index in [0.717, 1.165) is 49.6 Å². The molecule has 0 saturated carbocycles. The van der Waals surface area contributed by atoms with Crippen LogP contribution in [0.4, 0.5) is 0 Å². The van der Waals surface area contributed by atoms with Crippen molar-refractivity contribution in [2.24, 2.45) is 5.92 Å². The average Bonchev–Trinajstić information content (AvgIpc) is 2.38. The van der Waals surface area contributed by atoms with Crippen LogP contribution in [0.15, 0.2) is 12.1 Å². The smallest absolute Gasteiger partial charge is 0.306 e. The minimum atomic E-state index is -0.671. The molecule has 0 aliphatic carbocycles. The number of aryl methyl sites for hydroxylation is 1. The van der Waals surface area contributed by atoms with Gasteiger partial charge in [0.25, 0.3) is 0 Å². The van der Waals surface area contributed by atoms with E-state index in [1.54, 1.807) is 7.11 Å². The molecule has 19 heavy (non-hydrogen) atoms. The third kappa shape index (κ3) is 3.67. The van der Waals surface area contributed by atoms with Crippen molar-refractivity contribution in [3.8, 4) is 5.75 Å². The number of pyridine rings is 1. The Morgan fingerprint density at radius 3 is 2.74 bits per heavy atom. The summed E-state index contributed by atoms with van der Waals surface area (Å²) >= 11 is 0. The molecule has 0 bridgehead atoms. The van der Waals surface area contributed by atoms with Crippen molar-refractivity contribution in [3.63, 3.8) is 0 Å². The Hall–Kier alpha value is -1.62. The highest BCUT2D eigenvalue weighted by Gasteiger charge is 2.24. The number of methoxy groups -OCH3 is 1. The molecule has 1 aliphatic heterocycles. The number of hydrogen-bond donors (Lipinski definition) is 1. The van der Waals surface area contributed by atoms with Crippen LogP contribution in [0.2, 0.25) is 0 Å². The van der Waals surface area contributed by atoms with Gasteiger partial charge < -0.3 is 9.84 Å². The lowest BCUT2D eigenvalue weighted by Crippen LogP contribution is -2.36. The van der Waals surface area contributed by atoms with Crippen LogP contribution in [0, 0.1) is 12.8 Å². The van der Waals surface area contributed by atoms with Crippen molar-refractivity contribution in [1.29, 1.82) is 0 Å². The minimum Gasteiger partial charge on any atom is -0.497 e. The van der Waals surface area contributed by atoms with Gasteiger partial charge >= 0.3 is 5.97 Å². The summed E-state index contributed by atoms with van der Waals surface area (Å²) in [6, 6.07) is 3.84. The van der Waals surface area contributed by atoms with Gasteiger partial charge in [0.1, 0.15) is 5.75 Å². The lowest BCUT2D eigenvalue weighted by molar-refractivity contribution is -0.143. The summed E-state index contributed by atoms with van der Waals surface area (Å²) in [5.74, 6) is -0.0332. The maximum Gasteiger partial charge on any atom is 0.306 e. The van der Waals surface area contributed by atoms with Crippen molar-refractivity contribution in [1.82, 2.24) is 9.88 Å². The molecule has 0 radical (unpaired) electrons. The molecule has 1 aromatic rings. The molecule has 5 nitrogen and oxygen atoms in total. The zero-order valence-electron chi connectivity index (χ0n) is 11.4. The highest BCUT2D eigenvalue weighted by atomic mass is 16.5. The molecule has 1 aromatic heterocycles. The summed E-state index contributed by atoms with van der Waals surface area (Å²) in [6.45, 7) is 4.33. The molecule has 0 amide bonds. The maximum absolute atomic E-state index is 10.9. The second kappa shape index (κ2) is 6.02. The number of carboxylic acids is 1. The molecule has 0 aromatic carbocycles. The second-order valence-electron chi connectivity index (χ2n) is 5.03. The second-order valence-corrected chi connectivity index (χ2v) is 5.03. The topological polar surface area (TPSA) is 62.7 Å². The predicted molar refractivity (Wildman–Crippen MR) is 71.2 cm³/mol. The van der Waals surface area contributed by atoms with Crippen LogP contribution in [0.25, 0.3) is 0 Å². The van der Waals surface area contributed by atoms with Gasteiger partial charge in [-0.05, 0) is 32.9 Å². The molecule has 0 unspecified atom stereocenters. The number of hydrogen-bond acceptors (Lipinski definition) is 4. The first kappa shape index (κ1) is 13.8. The summed E-state index contributed by atoms with van der Waals surface area (Å²) in [5, 5.41) is 8.97. The van der Waals surface area contributed by atoms with Crippen LogP contribution in [0.5, 0.6) is 5.75 Å². The first-order valence-corrected chi connectivity index (χ1v) is 6.55. The summed E-state index contributed by atoms with van der Waals surface area (Å²) in [5.41, 5.74) is 1.92. The SMILES string of the molecule is COc1cc(C)nc(CN2CCC(C(=O)O)CC2)c1. The molecule has 1 fully saturated rings. The molecule has 1 saturated heterocycles. The predicted octanol–water partition coefficient (Wildman–Crippen LogP) is 1.70. The van der Waals surface area contributed by atoms with Gasteiger partial charge in [0.05, 0.1) is 18.7 Å². The largest absolute Gasteiger partial charge is 0.497 e. The first-order valence-electron chi connectivity index (χ1n) is 6.55. The quantitative estimate of drug-likeness (QED) is 0.896. The van der Waals surface area contributed by atoms with E-state index in [1.165, 1.54) is 0 Å². The van der Waals surface area contributed by atoms with Gasteiger partial charge in [-0.2, -0.15) is 0 Å². The summed E-state index contributed by atoms with van der Waals surface area (Å²) in [6.07, 6.45) is 1.44. The Labute approximate surface area is 113 Å². The Bertz CT molecular complexity index is 454. The Balaban J connectivity index is 1.95. The molecule has 0 atom stereocenters. The van der Waals surface area contributed by atoms with Crippen molar-refractivity contribution in [3.05, 3.63) is 23.5 Å². The van der Waals surface area contributed by atoms with Crippen molar-refractivity contribution in [2.75, 3.05) is 20.2 Å². The molecular formula is C14H20N2O3. The Morgan fingerprint density at radius 2 is 2.16 bits per heavy atom. The summed E-state index contributed by atoms with van der Waals surface area (Å²) in [4.78, 5) is 17.6. The van der Waals surface area contributed by atoms with Crippen molar-refractivity contribution < 1.29 is 14.6 Å². The van der Waals surface area contributed by atoms with E-state index in [9.17, 15) is 4.79 Å². The van der Waals surface area contributed by atoms with E-state index < -0.39 is 5.97 Å². The number of aromatic nitrogens is 1. The zero-order chi connectivity index (χ0) is 13.8. The first-order chi connectivity index (χ1) is 9.08. The molecule has 104 valence electrons. The van der Waals surface area contributed by atoms with E-state index in [1.807, 2.05) is 19.1 Å². The van der Waals surface area contributed by atoms with Crippen LogP contribution in [0.1, 0.15) is 24.2 Å². The third-order valence-corrected chi connectivity index (χ3v) is 3.54. The van der Waals surface area contributed by atoms with Gasteiger partial charge in [0.15, 0.2) is 0 Å². The lowest BCUT2D eigenvalue weighted by Gasteiger charge is -2.29. The van der Waals surface area contributed by atoms with Gasteiger partial charge in [0.2, 0.25) is 0 Å². The van der Waals surface area contributed by atoms with Crippen LogP contribution < -0.4 is 4.74 Å². The van der Waals surface area contributed by atoms with E-state index in [-0.39, 0.29) is 5.92 Å². The number of carboxylic acid groups (broad SMARTS) is 1. The molecule has 0 spiro atoms. The monoisotopic (exact) mass is 264 g/mol. The number of aliphatic carboxylic acids is 1. The number of ether oxygens (including phenoxy) is 1. The van der Waals surface area contributed by atoms with Crippen LogP contribution in [0.3, 0.4) is 0 Å². The van der Waals surface area contributed by atoms with Crippen molar-refractivity contribution >= 4 is 5.97 Å². The normalized spacial score (nSPS) is 17.4. The number of rotatable bonds is 4. The standard InChI is InChI=1S/C14H20N2O3/c1-10-7-13(19-2)8-12(15-10)9-16-5-3-11(4-6-16)14(17)18/h7-8,11H,3-6,9H2,1-2H3,(H,17,18). The van der Waals surface area contributed by atoms with E-state index in [0.29, 0.717) is 0 Å². The van der Waals surface area contributed by atoms with Gasteiger partial charge in [-0.25, -0.2) is 0 Å². The van der Waals surface area contributed by atoms with E-state index >= 15 is 0 Å². The maximum atomic E-state index is 10.9. The fourth-order valence-electron chi connectivity index (χ4n) is 2.47. The Kier molecular flexibility index (Phi) is 4.37. The number of likely N-dealkylation sites (tertiary alicyclic amines) is 1. The molecule has 5 heteroatoms. The highest BCUT2D eigenvalue weighted by Crippen LogP contribution is 2.20. The molecular weight excluding hydrogens is 244 g/mol. The lowest BCUT2D eigenvalue weighted by atomic mass is 9.97. The fraction of sp³-hybridized carbons (Fsp3) is 0.571. The van der Waals surface area contributed by atoms with Crippen molar-refractivity contribution in [2.45, 2.75) is 26.3 Å². The van der Waals surface area contributed by atoms with Crippen LogP contribution in [-0.2, 0) is 11.3 Å². The van der Waals surface area contributed by atoms with Gasteiger partial charge in [-0.15, -0.1) is 0 Å². The Morgan fingerprint density at radius 1 is 1.47 bits per heavy atom. The number of nitrogens with zero attached hydrogens (tertiary/aromatic N) is 2. The van der Waals surface area contributed by atoms with Gasteiger partial charge in [-0.3, -0.25) is 14.7 Å². The highest BCUT2D eigenvalue weighted by molar-refractivity contribution is 5.70. The zero-order valence-corrected chi connectivity index (χ0v) is 11.4. The molecule has 2 heterocycles. The van der Waals surface area contributed by atoms with Gasteiger partial charge in [0, 0.05) is 24.4 Å². The van der Waals surface area contributed by atoms with Gasteiger partial charge in [-0.1, -0.05) is 0 Å². The number of carbonyl (C=O) groups is 1.